The fourth-order valence-electron chi connectivity index (χ4n) is 7.68. The van der Waals surface area contributed by atoms with Crippen LogP contribution in [0.3, 0.4) is 0 Å². The largest absolute Gasteiger partial charge is 0.491 e. The van der Waals surface area contributed by atoms with Crippen LogP contribution in [0.5, 0.6) is 5.75 Å². The van der Waals surface area contributed by atoms with Crippen molar-refractivity contribution in [3.8, 4) is 17.6 Å². The number of amides is 1. The molecule has 0 saturated carbocycles. The maximum Gasteiger partial charge on any atom is 0.355 e. The van der Waals surface area contributed by atoms with E-state index in [1.165, 1.54) is 17.4 Å². The lowest BCUT2D eigenvalue weighted by Crippen LogP contribution is -2.27. The van der Waals surface area contributed by atoms with E-state index in [1.807, 2.05) is 36.1 Å². The second-order valence-corrected chi connectivity index (χ2v) is 18.1. The Morgan fingerprint density at radius 1 is 1.03 bits per heavy atom. The van der Waals surface area contributed by atoms with Crippen LogP contribution in [0, 0.1) is 30.5 Å². The number of anilines is 4. The van der Waals surface area contributed by atoms with Crippen LogP contribution in [0.4, 0.5) is 26.3 Å². The van der Waals surface area contributed by atoms with Crippen molar-refractivity contribution in [3.63, 3.8) is 0 Å². The maximum atomic E-state index is 15.1. The van der Waals surface area contributed by atoms with E-state index in [2.05, 4.69) is 70.1 Å². The third-order valence-electron chi connectivity index (χ3n) is 10.9. The molecule has 3 aromatic heterocycles. The summed E-state index contributed by atoms with van der Waals surface area (Å²) in [5.74, 6) is 7.01. The fourth-order valence-corrected chi connectivity index (χ4v) is 9.93. The predicted molar refractivity (Wildman–Crippen MR) is 245 cm³/mol. The van der Waals surface area contributed by atoms with Gasteiger partial charge in [0.1, 0.15) is 0 Å². The van der Waals surface area contributed by atoms with Crippen molar-refractivity contribution in [3.05, 3.63) is 75.5 Å². The minimum Gasteiger partial charge on any atom is -0.491 e. The number of fused-ring (bicyclic) bond motifs is 2. The Morgan fingerprint density at radius 3 is 2.75 bits per heavy atom. The smallest absolute Gasteiger partial charge is 0.355 e. The van der Waals surface area contributed by atoms with Crippen molar-refractivity contribution in [2.24, 2.45) is 5.92 Å². The summed E-state index contributed by atoms with van der Waals surface area (Å²) < 4.78 is 22.5. The zero-order valence-electron chi connectivity index (χ0n) is 33.8. The normalized spacial score (nSPS) is 15.5. The Bertz CT molecular complexity index is 2310. The number of nitrogens with zero attached hydrogens (tertiary/aromatic N) is 6. The molecule has 1 atom stereocenters. The van der Waals surface area contributed by atoms with E-state index in [1.54, 1.807) is 23.5 Å². The number of aromatic carboxylic acids is 1. The summed E-state index contributed by atoms with van der Waals surface area (Å²) in [4.78, 5) is 38.0. The SMILES string of the molecule is Cc1c(Nc2nc3ccccc3s2)nnc2c1CCCN2c1nc(C(=O)O)c(CCCOc2ccc(C#CCC3CCCN(CCCCCNC(=O)CI)CC3)cc2F)s1. The molecule has 316 valence electrons. The molecule has 0 aliphatic carbocycles. The van der Waals surface area contributed by atoms with Gasteiger partial charge < -0.3 is 30.3 Å². The minimum absolute atomic E-state index is 0.0120. The summed E-state index contributed by atoms with van der Waals surface area (Å²) in [6.45, 7) is 6.92. The Hall–Kier alpha value is -4.44. The van der Waals surface area contributed by atoms with Gasteiger partial charge in [-0.05, 0) is 121 Å². The molecule has 2 aliphatic heterocycles. The Kier molecular flexibility index (Phi) is 15.6. The number of rotatable bonds is 17. The Balaban J connectivity index is 0.877. The number of nitrogens with one attached hydrogen (secondary N) is 2. The van der Waals surface area contributed by atoms with Crippen molar-refractivity contribution < 1.29 is 23.8 Å². The number of benzene rings is 2. The van der Waals surface area contributed by atoms with Gasteiger partial charge in [-0.3, -0.25) is 4.79 Å². The number of carbonyl (C=O) groups excluding carboxylic acids is 1. The molecule has 0 bridgehead atoms. The van der Waals surface area contributed by atoms with Crippen LogP contribution in [0.15, 0.2) is 42.5 Å². The summed E-state index contributed by atoms with van der Waals surface area (Å²) in [5.41, 5.74) is 3.57. The van der Waals surface area contributed by atoms with Crippen LogP contribution in [0.25, 0.3) is 10.2 Å². The Morgan fingerprint density at radius 2 is 1.92 bits per heavy atom. The molecule has 2 aromatic carbocycles. The molecule has 5 heterocycles. The van der Waals surface area contributed by atoms with E-state index in [0.29, 0.717) is 56.9 Å². The number of likely N-dealkylation sites (tertiary alicyclic amines) is 1. The lowest BCUT2D eigenvalue weighted by atomic mass is 9.97. The number of aromatic nitrogens is 4. The van der Waals surface area contributed by atoms with Crippen LogP contribution in [-0.4, -0.2) is 85.8 Å². The number of thiazole rings is 2. The van der Waals surface area contributed by atoms with Crippen molar-refractivity contribution in [1.29, 1.82) is 0 Å². The first-order valence-corrected chi connectivity index (χ1v) is 23.9. The van der Waals surface area contributed by atoms with Gasteiger partial charge >= 0.3 is 5.97 Å². The van der Waals surface area contributed by atoms with E-state index in [4.69, 9.17) is 4.74 Å². The molecule has 1 amide bonds. The van der Waals surface area contributed by atoms with Gasteiger partial charge in [-0.25, -0.2) is 19.2 Å². The summed E-state index contributed by atoms with van der Waals surface area (Å²) in [6, 6.07) is 12.8. The number of carboxylic acid groups (broad SMARTS) is 1. The molecule has 1 fully saturated rings. The van der Waals surface area contributed by atoms with Crippen molar-refractivity contribution >= 4 is 89.3 Å². The number of alkyl halides is 1. The maximum absolute atomic E-state index is 15.1. The zero-order valence-corrected chi connectivity index (χ0v) is 37.6. The molecular formula is C44H50FIN8O4S2. The average molecular weight is 965 g/mol. The summed E-state index contributed by atoms with van der Waals surface area (Å²) in [7, 11) is 0. The van der Waals surface area contributed by atoms with Gasteiger partial charge in [0, 0.05) is 41.1 Å². The molecule has 0 spiro atoms. The number of carboxylic acids is 1. The molecule has 7 rings (SSSR count). The minimum atomic E-state index is -1.09. The first kappa shape index (κ1) is 43.6. The van der Waals surface area contributed by atoms with Crippen molar-refractivity contribution in [1.82, 2.24) is 30.4 Å². The summed E-state index contributed by atoms with van der Waals surface area (Å²) >= 11 is 4.97. The lowest BCUT2D eigenvalue weighted by molar-refractivity contribution is -0.118. The topological polar surface area (TPSA) is 146 Å². The molecule has 60 heavy (non-hydrogen) atoms. The number of unbranched alkanes of at least 4 members (excludes halogenated alkanes) is 2. The zero-order chi connectivity index (χ0) is 41.8. The number of carbonyl (C=O) groups is 2. The van der Waals surface area contributed by atoms with Crippen molar-refractivity contribution in [2.75, 3.05) is 54.0 Å². The molecule has 16 heteroatoms. The van der Waals surface area contributed by atoms with Crippen molar-refractivity contribution in [2.45, 2.75) is 77.6 Å². The van der Waals surface area contributed by atoms with Gasteiger partial charge in [0.2, 0.25) is 5.91 Å². The average Bonchev–Trinajstić information content (AvgIpc) is 3.80. The number of aryl methyl sites for hydroxylation is 1. The van der Waals surface area contributed by atoms with Crippen LogP contribution in [-0.2, 0) is 17.6 Å². The highest BCUT2D eigenvalue weighted by Crippen LogP contribution is 2.39. The molecule has 1 saturated heterocycles. The molecule has 5 aromatic rings. The highest BCUT2D eigenvalue weighted by molar-refractivity contribution is 14.1. The fraction of sp³-hybridized carbons (Fsp3) is 0.455. The molecule has 1 unspecified atom stereocenters. The Labute approximate surface area is 371 Å². The number of para-hydroxylation sites is 1. The van der Waals surface area contributed by atoms with Gasteiger partial charge in [-0.2, -0.15) is 0 Å². The third kappa shape index (κ3) is 11.5. The highest BCUT2D eigenvalue weighted by Gasteiger charge is 2.28. The number of halogens is 2. The first-order chi connectivity index (χ1) is 29.2. The van der Waals surface area contributed by atoms with Gasteiger partial charge in [0.05, 0.1) is 21.3 Å². The van der Waals surface area contributed by atoms with Crippen LogP contribution >= 0.6 is 45.3 Å². The van der Waals surface area contributed by atoms with Crippen LogP contribution in [0.1, 0.15) is 89.8 Å². The number of hydrogen-bond donors (Lipinski definition) is 3. The van der Waals surface area contributed by atoms with E-state index in [9.17, 15) is 14.7 Å². The number of ether oxygens (including phenoxy) is 1. The third-order valence-corrected chi connectivity index (χ3v) is 13.7. The molecule has 2 aliphatic rings. The molecule has 12 nitrogen and oxygen atoms in total. The number of hydrogen-bond acceptors (Lipinski definition) is 12. The molecule has 0 radical (unpaired) electrons. The second kappa shape index (κ2) is 21.4. The van der Waals surface area contributed by atoms with E-state index in [0.717, 1.165) is 110 Å². The molecular weight excluding hydrogens is 915 g/mol. The summed E-state index contributed by atoms with van der Waals surface area (Å²) in [6.07, 6.45) is 10.1. The second-order valence-electron chi connectivity index (χ2n) is 15.2. The van der Waals surface area contributed by atoms with Gasteiger partial charge in [-0.15, -0.1) is 21.5 Å². The molecule has 3 N–H and O–H groups in total. The first-order valence-electron chi connectivity index (χ1n) is 20.7. The van der Waals surface area contributed by atoms with E-state index in [-0.39, 0.29) is 24.0 Å². The van der Waals surface area contributed by atoms with E-state index < -0.39 is 11.8 Å². The lowest BCUT2D eigenvalue weighted by Gasteiger charge is -2.28. The van der Waals surface area contributed by atoms with E-state index >= 15 is 4.39 Å². The van der Waals surface area contributed by atoms with Gasteiger partial charge in [0.25, 0.3) is 0 Å². The van der Waals surface area contributed by atoms with Crippen LogP contribution in [0.2, 0.25) is 0 Å². The quantitative estimate of drug-likeness (QED) is 0.0355. The summed E-state index contributed by atoms with van der Waals surface area (Å²) in [5, 5.41) is 26.8. The predicted octanol–water partition coefficient (Wildman–Crippen LogP) is 9.09. The van der Waals surface area contributed by atoms with Gasteiger partial charge in [0.15, 0.2) is 39.2 Å². The van der Waals surface area contributed by atoms with Gasteiger partial charge in [-0.1, -0.05) is 64.3 Å². The monoisotopic (exact) mass is 964 g/mol. The highest BCUT2D eigenvalue weighted by atomic mass is 127. The van der Waals surface area contributed by atoms with Crippen LogP contribution < -0.4 is 20.3 Å². The standard InChI is InChI=1S/C44H50FIN8O4S2/c1-29-32-14-9-24-54(41(32)52-51-40(29)50-43-48-34-15-3-4-16-36(34)59-43)44-49-39(42(56)57)37(60-44)17-10-26-58-35-19-18-31(27-33(35)45)12-7-11-30-13-8-23-53(25-20-30)22-6-2-5-21-47-38(55)28-46/h3-4,15-16,18-19,27,30H,2,5-6,8-11,13-14,17,20-26,28H2,1H3,(H,47,55)(H,56,57)(H,48,50,51).